The molecule has 2 aliphatic heterocycles. The normalized spacial score (nSPS) is 22.2. The van der Waals surface area contributed by atoms with E-state index in [1.165, 1.54) is 13.5 Å². The molecule has 0 aliphatic carbocycles. The lowest BCUT2D eigenvalue weighted by Gasteiger charge is -2.37. The predicted molar refractivity (Wildman–Crippen MR) is 172 cm³/mol. The first kappa shape index (κ1) is 28.2. The number of aromatic nitrogens is 2. The van der Waals surface area contributed by atoms with Crippen molar-refractivity contribution in [1.82, 2.24) is 14.9 Å². The molecule has 4 unspecified atom stereocenters. The number of nitrogens with zero attached hydrogens (tertiary/aromatic N) is 4. The van der Waals surface area contributed by atoms with Gasteiger partial charge in [-0.25, -0.2) is 4.79 Å². The Morgan fingerprint density at radius 3 is 2.40 bits per heavy atom. The molecule has 216 valence electrons. The largest absolute Gasteiger partial charge is 0.465 e. The average Bonchev–Trinajstić information content (AvgIpc) is 3.61. The van der Waals surface area contributed by atoms with E-state index in [4.69, 9.17) is 33.5 Å². The first-order chi connectivity index (χ1) is 20.3. The molecule has 42 heavy (non-hydrogen) atoms. The molecule has 2 fully saturated rings. The molecule has 0 saturated carbocycles. The molecule has 0 radical (unpaired) electrons. The molecule has 2 aliphatic rings. The summed E-state index contributed by atoms with van der Waals surface area (Å²) in [4.78, 5) is 21.3. The number of rotatable bonds is 6. The van der Waals surface area contributed by atoms with Gasteiger partial charge in [0.2, 0.25) is 0 Å². The maximum absolute atomic E-state index is 12.0. The molecule has 4 atom stereocenters. The summed E-state index contributed by atoms with van der Waals surface area (Å²) in [5.41, 5.74) is 5.30. The molecule has 2 saturated heterocycles. The number of halogens is 1. The lowest BCUT2D eigenvalue weighted by molar-refractivity contribution is 0.0600. The fourth-order valence-corrected chi connectivity index (χ4v) is 7.08. The van der Waals surface area contributed by atoms with E-state index in [0.717, 1.165) is 41.5 Å². The minimum absolute atomic E-state index is 0.205. The van der Waals surface area contributed by atoms with Gasteiger partial charge in [0.15, 0.2) is 5.11 Å². The van der Waals surface area contributed by atoms with Crippen LogP contribution >= 0.6 is 23.8 Å². The molecule has 9 heteroatoms. The van der Waals surface area contributed by atoms with Crippen LogP contribution in [0.3, 0.4) is 0 Å². The minimum Gasteiger partial charge on any atom is -0.465 e. The summed E-state index contributed by atoms with van der Waals surface area (Å²) in [6.45, 7) is 6.61. The first-order valence-corrected chi connectivity index (χ1v) is 15.0. The van der Waals surface area contributed by atoms with Crippen molar-refractivity contribution in [2.45, 2.75) is 32.4 Å². The van der Waals surface area contributed by atoms with Gasteiger partial charge in [0.25, 0.3) is 0 Å². The zero-order valence-corrected chi connectivity index (χ0v) is 25.5. The van der Waals surface area contributed by atoms with E-state index in [-0.39, 0.29) is 18.1 Å². The molecule has 0 spiro atoms. The maximum atomic E-state index is 12.0. The van der Waals surface area contributed by atoms with Crippen molar-refractivity contribution in [1.29, 1.82) is 0 Å². The lowest BCUT2D eigenvalue weighted by Crippen LogP contribution is -2.38. The maximum Gasteiger partial charge on any atom is 0.337 e. The Kier molecular flexibility index (Phi) is 7.92. The summed E-state index contributed by atoms with van der Waals surface area (Å²) < 4.78 is 7.00. The van der Waals surface area contributed by atoms with E-state index in [1.807, 2.05) is 48.7 Å². The molecule has 7 nitrogen and oxygen atoms in total. The number of ether oxygens (including phenoxy) is 1. The fraction of sp³-hybridized carbons (Fsp3) is 0.303. The quantitative estimate of drug-likeness (QED) is 0.190. The number of carbonyl (C=O) groups is 1. The fourth-order valence-electron chi connectivity index (χ4n) is 6.44. The van der Waals surface area contributed by atoms with Gasteiger partial charge in [0.05, 0.1) is 35.1 Å². The highest BCUT2D eigenvalue weighted by Gasteiger charge is 2.42. The Balaban J connectivity index is 1.40. The standard InChI is InChI=1S/C33H34ClN5O2S/c1-21-17-22(2)20-37(19-21)28-14-13-25(18-26(28)34)39-31(30(36-33(39)42)27-7-4-5-15-35-27)29-8-6-16-38(29)24-11-9-23(10-12-24)32(40)41-3/h4-16,18,21-22,30-31H,17,19-20H2,1-3H3,(H,36,42). The number of pyridine rings is 1. The molecule has 0 bridgehead atoms. The van der Waals surface area contributed by atoms with Crippen molar-refractivity contribution < 1.29 is 9.53 Å². The van der Waals surface area contributed by atoms with Crippen molar-refractivity contribution in [2.24, 2.45) is 11.8 Å². The number of anilines is 2. The van der Waals surface area contributed by atoms with E-state index >= 15 is 0 Å². The van der Waals surface area contributed by atoms with E-state index < -0.39 is 0 Å². The summed E-state index contributed by atoms with van der Waals surface area (Å²) >= 11 is 13.0. The molecule has 4 aromatic rings. The highest BCUT2D eigenvalue weighted by molar-refractivity contribution is 7.80. The number of hydrogen-bond donors (Lipinski definition) is 1. The monoisotopic (exact) mass is 599 g/mol. The van der Waals surface area contributed by atoms with Crippen LogP contribution < -0.4 is 15.1 Å². The summed E-state index contributed by atoms with van der Waals surface area (Å²) in [5.74, 6) is 0.880. The molecule has 1 N–H and O–H groups in total. The van der Waals surface area contributed by atoms with Crippen LogP contribution in [0.25, 0.3) is 5.69 Å². The molecule has 6 rings (SSSR count). The SMILES string of the molecule is COC(=O)c1ccc(-n2cccc2C2C(c3ccccn3)NC(=S)N2c2ccc(N3CC(C)CC(C)C3)c(Cl)c2)cc1. The highest BCUT2D eigenvalue weighted by Crippen LogP contribution is 2.44. The van der Waals surface area contributed by atoms with E-state index in [0.29, 0.717) is 27.5 Å². The second-order valence-corrected chi connectivity index (χ2v) is 12.1. The third kappa shape index (κ3) is 5.37. The molecule has 0 amide bonds. The van der Waals surface area contributed by atoms with Crippen molar-refractivity contribution in [3.05, 3.63) is 107 Å². The molecular weight excluding hydrogens is 566 g/mol. The van der Waals surface area contributed by atoms with Gasteiger partial charge in [-0.1, -0.05) is 31.5 Å². The zero-order valence-electron chi connectivity index (χ0n) is 23.9. The van der Waals surface area contributed by atoms with Crippen LogP contribution in [0.15, 0.2) is 85.2 Å². The number of thiocarbonyl (C=S) groups is 1. The second-order valence-electron chi connectivity index (χ2n) is 11.3. The molecule has 2 aromatic carbocycles. The van der Waals surface area contributed by atoms with Gasteiger partial charge < -0.3 is 24.4 Å². The van der Waals surface area contributed by atoms with Crippen molar-refractivity contribution >= 4 is 46.3 Å². The third-order valence-corrected chi connectivity index (χ3v) is 8.78. The summed E-state index contributed by atoms with van der Waals surface area (Å²) in [7, 11) is 1.38. The number of hydrogen-bond acceptors (Lipinski definition) is 5. The van der Waals surface area contributed by atoms with Gasteiger partial charge in [-0.3, -0.25) is 4.98 Å². The highest BCUT2D eigenvalue weighted by atomic mass is 35.5. The Morgan fingerprint density at radius 2 is 1.74 bits per heavy atom. The van der Waals surface area contributed by atoms with Crippen molar-refractivity contribution in [2.75, 3.05) is 30.0 Å². The van der Waals surface area contributed by atoms with Crippen LogP contribution in [-0.2, 0) is 4.74 Å². The Morgan fingerprint density at radius 1 is 1.00 bits per heavy atom. The van der Waals surface area contributed by atoms with Crippen LogP contribution in [0.2, 0.25) is 5.02 Å². The molecule has 4 heterocycles. The summed E-state index contributed by atoms with van der Waals surface area (Å²) in [6.07, 6.45) is 5.06. The smallest absolute Gasteiger partial charge is 0.337 e. The average molecular weight is 600 g/mol. The van der Waals surface area contributed by atoms with E-state index in [9.17, 15) is 4.79 Å². The van der Waals surface area contributed by atoms with Crippen LogP contribution in [-0.4, -0.2) is 40.8 Å². The van der Waals surface area contributed by atoms with Gasteiger partial charge in [-0.2, -0.15) is 0 Å². The van der Waals surface area contributed by atoms with Crippen LogP contribution in [0, 0.1) is 11.8 Å². The summed E-state index contributed by atoms with van der Waals surface area (Å²) in [6, 6.07) is 23.3. The van der Waals surface area contributed by atoms with Crippen LogP contribution in [0.1, 0.15) is 54.1 Å². The molecular formula is C33H34ClN5O2S. The van der Waals surface area contributed by atoms with Gasteiger partial charge in [0.1, 0.15) is 6.04 Å². The van der Waals surface area contributed by atoms with Gasteiger partial charge >= 0.3 is 5.97 Å². The van der Waals surface area contributed by atoms with Gasteiger partial charge in [-0.05, 0) is 97.2 Å². The number of methoxy groups -OCH3 is 1. The summed E-state index contributed by atoms with van der Waals surface area (Å²) in [5, 5.41) is 4.86. The third-order valence-electron chi connectivity index (χ3n) is 8.17. The van der Waals surface area contributed by atoms with E-state index in [1.54, 1.807) is 18.3 Å². The number of benzene rings is 2. The Hall–Kier alpha value is -3.88. The van der Waals surface area contributed by atoms with Crippen LogP contribution in [0.5, 0.6) is 0 Å². The van der Waals surface area contributed by atoms with Crippen molar-refractivity contribution in [3.63, 3.8) is 0 Å². The second kappa shape index (κ2) is 11.8. The number of nitrogens with one attached hydrogen (secondary N) is 1. The van der Waals surface area contributed by atoms with Crippen molar-refractivity contribution in [3.8, 4) is 5.69 Å². The first-order valence-electron chi connectivity index (χ1n) is 14.2. The Bertz CT molecular complexity index is 1580. The van der Waals surface area contributed by atoms with Gasteiger partial charge in [-0.15, -0.1) is 0 Å². The lowest BCUT2D eigenvalue weighted by atomic mass is 9.91. The number of carbonyl (C=O) groups excluding carboxylic acids is 1. The Labute approximate surface area is 257 Å². The molecule has 2 aromatic heterocycles. The van der Waals surface area contributed by atoms with Crippen LogP contribution in [0.4, 0.5) is 11.4 Å². The number of esters is 1. The van der Waals surface area contributed by atoms with Gasteiger partial charge in [0, 0.05) is 42.6 Å². The predicted octanol–water partition coefficient (Wildman–Crippen LogP) is 6.97. The topological polar surface area (TPSA) is 62.6 Å². The van der Waals surface area contributed by atoms with E-state index in [2.05, 4.69) is 51.7 Å². The zero-order chi connectivity index (χ0) is 29.4. The minimum atomic E-state index is -0.366. The number of piperidine rings is 1.